The maximum absolute atomic E-state index is 12.4. The topological polar surface area (TPSA) is 42.7 Å². The van der Waals surface area contributed by atoms with E-state index in [1.165, 1.54) is 6.07 Å². The summed E-state index contributed by atoms with van der Waals surface area (Å²) >= 11 is 0. The Hall–Kier alpha value is -2.05. The lowest BCUT2D eigenvalue weighted by molar-refractivity contribution is -0.137. The Morgan fingerprint density at radius 3 is 2.53 bits per heavy atom. The van der Waals surface area contributed by atoms with Crippen LogP contribution in [0.2, 0.25) is 0 Å². The van der Waals surface area contributed by atoms with E-state index >= 15 is 0 Å². The average molecular weight is 270 g/mol. The molecule has 2 heterocycles. The normalized spacial score (nSPS) is 11.6. The van der Waals surface area contributed by atoms with Crippen molar-refractivity contribution in [3.63, 3.8) is 0 Å². The van der Waals surface area contributed by atoms with Crippen molar-refractivity contribution >= 4 is 5.95 Å². The van der Waals surface area contributed by atoms with Crippen molar-refractivity contribution in [3.05, 3.63) is 41.5 Å². The Kier molecular flexibility index (Phi) is 3.46. The van der Waals surface area contributed by atoms with Crippen molar-refractivity contribution < 1.29 is 13.2 Å². The van der Waals surface area contributed by atoms with Crippen LogP contribution in [0.1, 0.15) is 17.0 Å². The minimum atomic E-state index is -4.35. The average Bonchev–Trinajstić information content (AvgIpc) is 2.65. The van der Waals surface area contributed by atoms with Gasteiger partial charge in [0.25, 0.3) is 0 Å². The first kappa shape index (κ1) is 13.4. The second-order valence-electron chi connectivity index (χ2n) is 4.21. The third kappa shape index (κ3) is 3.24. The number of nitrogens with zero attached hydrogens (tertiary/aromatic N) is 3. The molecule has 102 valence electrons. The molecule has 0 radical (unpaired) electrons. The van der Waals surface area contributed by atoms with Gasteiger partial charge in [0.2, 0.25) is 5.95 Å². The van der Waals surface area contributed by atoms with Gasteiger partial charge < -0.3 is 9.88 Å². The van der Waals surface area contributed by atoms with Gasteiger partial charge in [-0.3, -0.25) is 4.98 Å². The lowest BCUT2D eigenvalue weighted by atomic mass is 10.2. The van der Waals surface area contributed by atoms with Crippen molar-refractivity contribution in [1.29, 1.82) is 0 Å². The van der Waals surface area contributed by atoms with Gasteiger partial charge in [0.1, 0.15) is 0 Å². The van der Waals surface area contributed by atoms with Gasteiger partial charge >= 0.3 is 6.18 Å². The van der Waals surface area contributed by atoms with E-state index in [9.17, 15) is 13.2 Å². The van der Waals surface area contributed by atoms with Crippen molar-refractivity contribution in [2.75, 3.05) is 5.32 Å². The summed E-state index contributed by atoms with van der Waals surface area (Å²) in [5, 5.41) is 3.02. The predicted molar refractivity (Wildman–Crippen MR) is 64.5 cm³/mol. The van der Waals surface area contributed by atoms with E-state index in [-0.39, 0.29) is 0 Å². The number of imidazole rings is 1. The summed E-state index contributed by atoms with van der Waals surface area (Å²) in [6.07, 6.45) is -1.67. The number of hydrogen-bond acceptors (Lipinski definition) is 3. The molecule has 2 aromatic rings. The molecule has 0 aliphatic carbocycles. The molecule has 0 saturated carbocycles. The summed E-state index contributed by atoms with van der Waals surface area (Å²) in [7, 11) is 1.84. The minimum absolute atomic E-state index is 0.322. The Labute approximate surface area is 108 Å². The Balaban J connectivity index is 2.02. The summed E-state index contributed by atoms with van der Waals surface area (Å²) in [6.45, 7) is 2.18. The summed E-state index contributed by atoms with van der Waals surface area (Å²) in [5.74, 6) is 0.652. The van der Waals surface area contributed by atoms with Gasteiger partial charge in [-0.15, -0.1) is 0 Å². The summed E-state index contributed by atoms with van der Waals surface area (Å²) in [4.78, 5) is 8.00. The first-order valence-electron chi connectivity index (χ1n) is 5.62. The SMILES string of the molecule is Cc1cn(C)c(NCc2ccc(C(F)(F)F)cn2)n1. The lowest BCUT2D eigenvalue weighted by Crippen LogP contribution is -2.09. The highest BCUT2D eigenvalue weighted by Crippen LogP contribution is 2.28. The van der Waals surface area contributed by atoms with Crippen LogP contribution in [0.5, 0.6) is 0 Å². The highest BCUT2D eigenvalue weighted by Gasteiger charge is 2.30. The van der Waals surface area contributed by atoms with E-state index in [2.05, 4.69) is 15.3 Å². The van der Waals surface area contributed by atoms with Crippen LogP contribution in [-0.2, 0) is 19.8 Å². The van der Waals surface area contributed by atoms with E-state index in [0.29, 0.717) is 18.2 Å². The van der Waals surface area contributed by atoms with Gasteiger partial charge in [-0.05, 0) is 19.1 Å². The molecule has 2 aromatic heterocycles. The molecule has 2 rings (SSSR count). The zero-order valence-electron chi connectivity index (χ0n) is 10.5. The van der Waals surface area contributed by atoms with E-state index in [1.807, 2.05) is 20.2 Å². The third-order valence-corrected chi connectivity index (χ3v) is 2.58. The molecule has 0 saturated heterocycles. The van der Waals surface area contributed by atoms with E-state index in [1.54, 1.807) is 4.57 Å². The zero-order valence-corrected chi connectivity index (χ0v) is 10.5. The van der Waals surface area contributed by atoms with Crippen LogP contribution >= 0.6 is 0 Å². The molecule has 4 nitrogen and oxygen atoms in total. The number of hydrogen-bond donors (Lipinski definition) is 1. The maximum atomic E-state index is 12.4. The molecule has 0 aliphatic heterocycles. The minimum Gasteiger partial charge on any atom is -0.350 e. The molecular formula is C12H13F3N4. The molecule has 0 bridgehead atoms. The number of pyridine rings is 1. The largest absolute Gasteiger partial charge is 0.417 e. The monoisotopic (exact) mass is 270 g/mol. The fourth-order valence-electron chi connectivity index (χ4n) is 1.65. The van der Waals surface area contributed by atoms with Gasteiger partial charge in [-0.1, -0.05) is 0 Å². The van der Waals surface area contributed by atoms with Gasteiger partial charge in [-0.2, -0.15) is 13.2 Å². The number of alkyl halides is 3. The number of aromatic nitrogens is 3. The first-order valence-corrected chi connectivity index (χ1v) is 5.62. The van der Waals surface area contributed by atoms with Gasteiger partial charge in [-0.25, -0.2) is 4.98 Å². The standard InChI is InChI=1S/C12H13F3N4/c1-8-7-19(2)11(18-8)17-6-10-4-3-9(5-16-10)12(13,14)15/h3-5,7H,6H2,1-2H3,(H,17,18). The molecule has 0 aliphatic rings. The second kappa shape index (κ2) is 4.91. The number of halogens is 3. The molecule has 0 aromatic carbocycles. The Bertz CT molecular complexity index is 557. The lowest BCUT2D eigenvalue weighted by Gasteiger charge is -2.08. The van der Waals surface area contributed by atoms with E-state index in [4.69, 9.17) is 0 Å². The van der Waals surface area contributed by atoms with Crippen LogP contribution in [0.25, 0.3) is 0 Å². The molecule has 0 unspecified atom stereocenters. The van der Waals surface area contributed by atoms with Crippen LogP contribution < -0.4 is 5.32 Å². The molecule has 0 fully saturated rings. The van der Waals surface area contributed by atoms with E-state index < -0.39 is 11.7 Å². The van der Waals surface area contributed by atoms with Crippen molar-refractivity contribution in [2.24, 2.45) is 7.05 Å². The van der Waals surface area contributed by atoms with Crippen molar-refractivity contribution in [2.45, 2.75) is 19.6 Å². The number of nitrogens with one attached hydrogen (secondary N) is 1. The van der Waals surface area contributed by atoms with Gasteiger partial charge in [0.15, 0.2) is 0 Å². The van der Waals surface area contributed by atoms with Crippen molar-refractivity contribution in [3.8, 4) is 0 Å². The van der Waals surface area contributed by atoms with Crippen LogP contribution in [0, 0.1) is 6.92 Å². The summed E-state index contributed by atoms with van der Waals surface area (Å²) in [6, 6.07) is 2.37. The molecular weight excluding hydrogens is 257 g/mol. The zero-order chi connectivity index (χ0) is 14.0. The predicted octanol–water partition coefficient (Wildman–Crippen LogP) is 2.75. The Morgan fingerprint density at radius 1 is 1.32 bits per heavy atom. The van der Waals surface area contributed by atoms with E-state index in [0.717, 1.165) is 18.0 Å². The summed E-state index contributed by atoms with van der Waals surface area (Å²) < 4.78 is 38.9. The maximum Gasteiger partial charge on any atom is 0.417 e. The fraction of sp³-hybridized carbons (Fsp3) is 0.333. The smallest absolute Gasteiger partial charge is 0.350 e. The van der Waals surface area contributed by atoms with Crippen LogP contribution in [0.3, 0.4) is 0 Å². The molecule has 1 N–H and O–H groups in total. The molecule has 0 atom stereocenters. The molecule has 0 spiro atoms. The van der Waals surface area contributed by atoms with Crippen LogP contribution in [0.15, 0.2) is 24.5 Å². The third-order valence-electron chi connectivity index (χ3n) is 2.58. The summed E-state index contributed by atoms with van der Waals surface area (Å²) in [5.41, 5.74) is 0.642. The molecule has 19 heavy (non-hydrogen) atoms. The number of aryl methyl sites for hydroxylation is 2. The highest BCUT2D eigenvalue weighted by atomic mass is 19.4. The van der Waals surface area contributed by atoms with Gasteiger partial charge in [0, 0.05) is 19.4 Å². The second-order valence-corrected chi connectivity index (χ2v) is 4.21. The van der Waals surface area contributed by atoms with Crippen molar-refractivity contribution in [1.82, 2.24) is 14.5 Å². The highest BCUT2D eigenvalue weighted by molar-refractivity contribution is 5.29. The fourth-order valence-corrected chi connectivity index (χ4v) is 1.65. The number of anilines is 1. The van der Waals surface area contributed by atoms with Crippen LogP contribution in [-0.4, -0.2) is 14.5 Å². The van der Waals surface area contributed by atoms with Gasteiger partial charge in [0.05, 0.1) is 23.5 Å². The molecule has 7 heteroatoms. The quantitative estimate of drug-likeness (QED) is 0.932. The molecule has 0 amide bonds. The van der Waals surface area contributed by atoms with Crippen LogP contribution in [0.4, 0.5) is 19.1 Å². The Morgan fingerprint density at radius 2 is 2.05 bits per heavy atom. The first-order chi connectivity index (χ1) is 8.86. The number of rotatable bonds is 3.